The standard InChI is InChI=1S/C18H15ClN4O3/c1-12-10-14(4-7-16(12)23(25)26)18(24)21-17-8-9-20-22(17)11-13-2-5-15(19)6-3-13/h2-10H,11H2,1H3,(H,21,24). The Kier molecular flexibility index (Phi) is 4.99. The Bertz CT molecular complexity index is 967. The molecule has 0 aliphatic carbocycles. The van der Waals surface area contributed by atoms with Crippen molar-refractivity contribution in [1.29, 1.82) is 0 Å². The number of nitrogens with one attached hydrogen (secondary N) is 1. The summed E-state index contributed by atoms with van der Waals surface area (Å²) in [4.78, 5) is 22.9. The van der Waals surface area contributed by atoms with Crippen LogP contribution in [0.25, 0.3) is 0 Å². The third-order valence-electron chi connectivity index (χ3n) is 3.86. The molecule has 3 rings (SSSR count). The number of carbonyl (C=O) groups excluding carboxylic acids is 1. The minimum atomic E-state index is -0.474. The van der Waals surface area contributed by atoms with Crippen molar-refractivity contribution in [2.45, 2.75) is 13.5 Å². The molecule has 0 spiro atoms. The zero-order chi connectivity index (χ0) is 18.7. The number of nitro groups is 1. The number of aryl methyl sites for hydroxylation is 1. The number of benzene rings is 2. The van der Waals surface area contributed by atoms with Gasteiger partial charge in [0, 0.05) is 28.3 Å². The van der Waals surface area contributed by atoms with Crippen molar-refractivity contribution in [3.8, 4) is 0 Å². The molecule has 0 bridgehead atoms. The predicted octanol–water partition coefficient (Wildman–Crippen LogP) is 4.05. The van der Waals surface area contributed by atoms with Crippen LogP contribution < -0.4 is 5.32 Å². The first-order valence-corrected chi connectivity index (χ1v) is 8.14. The molecule has 1 N–H and O–H groups in total. The summed E-state index contributed by atoms with van der Waals surface area (Å²) in [5, 5.41) is 18.5. The molecule has 1 aromatic heterocycles. The molecule has 7 nitrogen and oxygen atoms in total. The van der Waals surface area contributed by atoms with Gasteiger partial charge in [-0.3, -0.25) is 14.9 Å². The Labute approximate surface area is 154 Å². The number of amides is 1. The monoisotopic (exact) mass is 370 g/mol. The molecule has 3 aromatic rings. The number of nitro benzene ring substituents is 1. The average molecular weight is 371 g/mol. The summed E-state index contributed by atoms with van der Waals surface area (Å²) in [5.41, 5.74) is 1.73. The van der Waals surface area contributed by atoms with E-state index in [2.05, 4.69) is 10.4 Å². The van der Waals surface area contributed by atoms with Crippen LogP contribution in [0, 0.1) is 17.0 Å². The van der Waals surface area contributed by atoms with Crippen LogP contribution in [0.4, 0.5) is 11.5 Å². The van der Waals surface area contributed by atoms with E-state index in [4.69, 9.17) is 11.6 Å². The molecule has 0 fully saturated rings. The van der Waals surface area contributed by atoms with Gasteiger partial charge in [-0.2, -0.15) is 5.10 Å². The van der Waals surface area contributed by atoms with Crippen LogP contribution in [0.15, 0.2) is 54.7 Å². The van der Waals surface area contributed by atoms with E-state index in [1.165, 1.54) is 18.2 Å². The minimum Gasteiger partial charge on any atom is -0.307 e. The highest BCUT2D eigenvalue weighted by molar-refractivity contribution is 6.30. The fraction of sp³-hybridized carbons (Fsp3) is 0.111. The molecule has 1 heterocycles. The average Bonchev–Trinajstić information content (AvgIpc) is 3.03. The molecule has 1 amide bonds. The smallest absolute Gasteiger partial charge is 0.272 e. The van der Waals surface area contributed by atoms with E-state index in [1.54, 1.807) is 36.0 Å². The van der Waals surface area contributed by atoms with Crippen LogP contribution in [0.2, 0.25) is 5.02 Å². The highest BCUT2D eigenvalue weighted by Crippen LogP contribution is 2.20. The Balaban J connectivity index is 1.76. The van der Waals surface area contributed by atoms with E-state index in [-0.39, 0.29) is 11.6 Å². The molecule has 0 unspecified atom stereocenters. The van der Waals surface area contributed by atoms with Gasteiger partial charge in [0.15, 0.2) is 0 Å². The van der Waals surface area contributed by atoms with Gasteiger partial charge < -0.3 is 5.32 Å². The lowest BCUT2D eigenvalue weighted by Crippen LogP contribution is -2.16. The van der Waals surface area contributed by atoms with E-state index in [1.807, 2.05) is 12.1 Å². The first kappa shape index (κ1) is 17.6. The number of carbonyl (C=O) groups is 1. The number of hydrogen-bond donors (Lipinski definition) is 1. The highest BCUT2D eigenvalue weighted by atomic mass is 35.5. The molecular formula is C18H15ClN4O3. The van der Waals surface area contributed by atoms with Crippen LogP contribution in [-0.2, 0) is 6.54 Å². The number of hydrogen-bond acceptors (Lipinski definition) is 4. The quantitative estimate of drug-likeness (QED) is 0.541. The Morgan fingerprint density at radius 1 is 1.23 bits per heavy atom. The van der Waals surface area contributed by atoms with Crippen LogP contribution in [0.5, 0.6) is 0 Å². The zero-order valence-electron chi connectivity index (χ0n) is 13.8. The van der Waals surface area contributed by atoms with E-state index >= 15 is 0 Å². The van der Waals surface area contributed by atoms with Gasteiger partial charge in [-0.1, -0.05) is 23.7 Å². The molecule has 0 radical (unpaired) electrons. The normalized spacial score (nSPS) is 10.5. The molecule has 0 aliphatic heterocycles. The second kappa shape index (κ2) is 7.37. The number of nitrogens with zero attached hydrogens (tertiary/aromatic N) is 3. The Morgan fingerprint density at radius 3 is 2.62 bits per heavy atom. The summed E-state index contributed by atoms with van der Waals surface area (Å²) in [6, 6.07) is 13.3. The summed E-state index contributed by atoms with van der Waals surface area (Å²) in [5.74, 6) is 0.168. The van der Waals surface area contributed by atoms with Crippen molar-refractivity contribution in [3.05, 3.63) is 86.6 Å². The van der Waals surface area contributed by atoms with Gasteiger partial charge in [-0.25, -0.2) is 4.68 Å². The maximum absolute atomic E-state index is 12.5. The second-order valence-corrected chi connectivity index (χ2v) is 6.15. The molecule has 2 aromatic carbocycles. The van der Waals surface area contributed by atoms with E-state index in [9.17, 15) is 14.9 Å². The second-order valence-electron chi connectivity index (χ2n) is 5.71. The van der Waals surface area contributed by atoms with Gasteiger partial charge >= 0.3 is 0 Å². The molecule has 26 heavy (non-hydrogen) atoms. The summed E-state index contributed by atoms with van der Waals surface area (Å²) in [6.07, 6.45) is 1.59. The summed E-state index contributed by atoms with van der Waals surface area (Å²) in [6.45, 7) is 2.07. The van der Waals surface area contributed by atoms with Crippen LogP contribution >= 0.6 is 11.6 Å². The SMILES string of the molecule is Cc1cc(C(=O)Nc2ccnn2Cc2ccc(Cl)cc2)ccc1[N+](=O)[O-]. The van der Waals surface area contributed by atoms with Crippen molar-refractivity contribution in [2.24, 2.45) is 0 Å². The highest BCUT2D eigenvalue weighted by Gasteiger charge is 2.15. The van der Waals surface area contributed by atoms with Gasteiger partial charge in [0.05, 0.1) is 17.7 Å². The van der Waals surface area contributed by atoms with E-state index in [0.29, 0.717) is 28.5 Å². The van der Waals surface area contributed by atoms with Crippen LogP contribution in [-0.4, -0.2) is 20.6 Å². The first-order valence-electron chi connectivity index (χ1n) is 7.76. The summed E-state index contributed by atoms with van der Waals surface area (Å²) < 4.78 is 1.65. The number of anilines is 1. The lowest BCUT2D eigenvalue weighted by Gasteiger charge is -2.10. The fourth-order valence-corrected chi connectivity index (χ4v) is 2.64. The van der Waals surface area contributed by atoms with Crippen molar-refractivity contribution in [3.63, 3.8) is 0 Å². The van der Waals surface area contributed by atoms with Crippen molar-refractivity contribution in [1.82, 2.24) is 9.78 Å². The molecular weight excluding hydrogens is 356 g/mol. The molecule has 132 valence electrons. The summed E-state index contributed by atoms with van der Waals surface area (Å²) in [7, 11) is 0. The maximum Gasteiger partial charge on any atom is 0.272 e. The van der Waals surface area contributed by atoms with E-state index < -0.39 is 4.92 Å². The third-order valence-corrected chi connectivity index (χ3v) is 4.11. The molecule has 8 heteroatoms. The van der Waals surface area contributed by atoms with Crippen LogP contribution in [0.1, 0.15) is 21.5 Å². The largest absolute Gasteiger partial charge is 0.307 e. The molecule has 0 saturated heterocycles. The third kappa shape index (κ3) is 3.89. The first-order chi connectivity index (χ1) is 12.4. The minimum absolute atomic E-state index is 0.0191. The van der Waals surface area contributed by atoms with Gasteiger partial charge in [0.25, 0.3) is 11.6 Å². The zero-order valence-corrected chi connectivity index (χ0v) is 14.6. The molecule has 0 atom stereocenters. The van der Waals surface area contributed by atoms with Gasteiger partial charge in [-0.05, 0) is 36.8 Å². The lowest BCUT2D eigenvalue weighted by atomic mass is 10.1. The fourth-order valence-electron chi connectivity index (χ4n) is 2.52. The van der Waals surface area contributed by atoms with E-state index in [0.717, 1.165) is 5.56 Å². The maximum atomic E-state index is 12.5. The lowest BCUT2D eigenvalue weighted by molar-refractivity contribution is -0.385. The number of aromatic nitrogens is 2. The number of halogens is 1. The predicted molar refractivity (Wildman–Crippen MR) is 98.6 cm³/mol. The van der Waals surface area contributed by atoms with Crippen molar-refractivity contribution in [2.75, 3.05) is 5.32 Å². The Hall–Kier alpha value is -3.19. The van der Waals surface area contributed by atoms with Crippen molar-refractivity contribution >= 4 is 29.0 Å². The Morgan fingerprint density at radius 2 is 1.96 bits per heavy atom. The number of rotatable bonds is 5. The van der Waals surface area contributed by atoms with Gasteiger partial charge in [-0.15, -0.1) is 0 Å². The van der Waals surface area contributed by atoms with Crippen molar-refractivity contribution < 1.29 is 9.72 Å². The molecule has 0 aliphatic rings. The van der Waals surface area contributed by atoms with Gasteiger partial charge in [0.2, 0.25) is 0 Å². The summed E-state index contributed by atoms with van der Waals surface area (Å²) >= 11 is 5.88. The van der Waals surface area contributed by atoms with Gasteiger partial charge in [0.1, 0.15) is 5.82 Å². The van der Waals surface area contributed by atoms with Crippen LogP contribution in [0.3, 0.4) is 0 Å². The topological polar surface area (TPSA) is 90.1 Å². The molecule has 0 saturated carbocycles.